The topological polar surface area (TPSA) is 75.8 Å². The minimum atomic E-state index is -5.38. The van der Waals surface area contributed by atoms with E-state index in [1.807, 2.05) is 0 Å². The van der Waals surface area contributed by atoms with Gasteiger partial charge >= 0.3 is 5.51 Å². The van der Waals surface area contributed by atoms with Gasteiger partial charge in [0, 0.05) is 6.54 Å². The first-order chi connectivity index (χ1) is 9.22. The monoisotopic (exact) mass is 309 g/mol. The van der Waals surface area contributed by atoms with Crippen LogP contribution >= 0.6 is 0 Å². The van der Waals surface area contributed by atoms with Crippen molar-refractivity contribution in [2.45, 2.75) is 23.1 Å². The predicted octanol–water partition coefficient (Wildman–Crippen LogP) is 0.995. The van der Waals surface area contributed by atoms with Gasteiger partial charge < -0.3 is 10.1 Å². The fourth-order valence-corrected chi connectivity index (χ4v) is 2.29. The van der Waals surface area contributed by atoms with Gasteiger partial charge in [-0.2, -0.15) is 13.2 Å². The third-order valence-corrected chi connectivity index (χ3v) is 4.09. The van der Waals surface area contributed by atoms with Gasteiger partial charge in [0.05, 0.1) is 11.5 Å². The predicted molar refractivity (Wildman–Crippen MR) is 61.3 cm³/mol. The molecule has 20 heavy (non-hydrogen) atoms. The van der Waals surface area contributed by atoms with Crippen molar-refractivity contribution >= 4 is 15.7 Å². The van der Waals surface area contributed by atoms with Crippen molar-refractivity contribution < 1.29 is 31.1 Å². The molecule has 1 saturated heterocycles. The van der Waals surface area contributed by atoms with Gasteiger partial charge in [0.2, 0.25) is 0 Å². The second kappa shape index (κ2) is 5.06. The second-order valence-electron chi connectivity index (χ2n) is 4.14. The Balaban J connectivity index is 2.13. The lowest BCUT2D eigenvalue weighted by atomic mass is 10.2. The minimum absolute atomic E-state index is 0.0695. The van der Waals surface area contributed by atoms with E-state index >= 15 is 0 Å². The second-order valence-corrected chi connectivity index (χ2v) is 6.08. The third kappa shape index (κ3) is 3.10. The Kier molecular flexibility index (Phi) is 3.74. The molecule has 5 nitrogen and oxygen atoms in total. The Bertz CT molecular complexity index is 623. The molecule has 1 amide bonds. The van der Waals surface area contributed by atoms with Gasteiger partial charge in [-0.05, 0) is 17.7 Å². The van der Waals surface area contributed by atoms with E-state index in [0.29, 0.717) is 6.61 Å². The van der Waals surface area contributed by atoms with Crippen LogP contribution in [0.2, 0.25) is 0 Å². The Morgan fingerprint density at radius 1 is 1.40 bits per heavy atom. The first-order valence-electron chi connectivity index (χ1n) is 5.51. The lowest BCUT2D eigenvalue weighted by molar-refractivity contribution is -0.122. The number of rotatable bonds is 4. The summed E-state index contributed by atoms with van der Waals surface area (Å²) in [5, 5.41) is 2.44. The van der Waals surface area contributed by atoms with Gasteiger partial charge in [-0.3, -0.25) is 4.79 Å². The van der Waals surface area contributed by atoms with Gasteiger partial charge in [0.1, 0.15) is 0 Å². The third-order valence-electron chi connectivity index (χ3n) is 2.61. The summed E-state index contributed by atoms with van der Waals surface area (Å²) in [4.78, 5) is 10.4. The van der Waals surface area contributed by atoms with Gasteiger partial charge in [-0.25, -0.2) is 8.42 Å². The van der Waals surface area contributed by atoms with Crippen molar-refractivity contribution in [3.05, 3.63) is 29.8 Å². The molecule has 1 aliphatic rings. The van der Waals surface area contributed by atoms with Gasteiger partial charge in [0.15, 0.2) is 6.10 Å². The molecule has 1 fully saturated rings. The number of halogens is 3. The highest BCUT2D eigenvalue weighted by Crippen LogP contribution is 2.30. The van der Waals surface area contributed by atoms with Gasteiger partial charge in [-0.15, -0.1) is 0 Å². The van der Waals surface area contributed by atoms with Crippen molar-refractivity contribution in [3.63, 3.8) is 0 Å². The summed E-state index contributed by atoms with van der Waals surface area (Å²) in [6.45, 7) is 0.244. The highest BCUT2D eigenvalue weighted by molar-refractivity contribution is 7.92. The Morgan fingerprint density at radius 3 is 2.60 bits per heavy atom. The van der Waals surface area contributed by atoms with E-state index in [0.717, 1.165) is 12.1 Å². The number of hydrogen-bond acceptors (Lipinski definition) is 4. The maximum atomic E-state index is 12.4. The molecule has 1 unspecified atom stereocenters. The van der Waals surface area contributed by atoms with Crippen molar-refractivity contribution in [2.75, 3.05) is 6.61 Å². The van der Waals surface area contributed by atoms with E-state index in [2.05, 4.69) is 5.32 Å². The lowest BCUT2D eigenvalue weighted by Crippen LogP contribution is -2.27. The van der Waals surface area contributed by atoms with E-state index < -0.39 is 26.3 Å². The number of amides is 1. The van der Waals surface area contributed by atoms with Crippen LogP contribution in [0.3, 0.4) is 0 Å². The summed E-state index contributed by atoms with van der Waals surface area (Å²) in [5.74, 6) is -0.380. The van der Waals surface area contributed by atoms with Crippen LogP contribution in [0.5, 0.6) is 0 Å². The summed E-state index contributed by atoms with van der Waals surface area (Å²) in [7, 11) is -5.38. The molecule has 1 aromatic carbocycles. The SMILES string of the molecule is O=C(NCc1cccc(S(=O)(=O)C(F)(F)F)c1)C1CO1. The molecular weight excluding hydrogens is 299 g/mol. The standard InChI is InChI=1S/C11H10F3NO4S/c12-11(13,14)20(17,18)8-3-1-2-7(4-8)5-15-10(16)9-6-19-9/h1-4,9H,5-6H2,(H,15,16). The fourth-order valence-electron chi connectivity index (χ4n) is 1.46. The van der Waals surface area contributed by atoms with Crippen LogP contribution in [0.4, 0.5) is 13.2 Å². The summed E-state index contributed by atoms with van der Waals surface area (Å²) in [6.07, 6.45) is -0.517. The van der Waals surface area contributed by atoms with Crippen LogP contribution in [0, 0.1) is 0 Å². The first-order valence-corrected chi connectivity index (χ1v) is 7.00. The molecule has 0 saturated carbocycles. The lowest BCUT2D eigenvalue weighted by Gasteiger charge is -2.09. The molecule has 0 spiro atoms. The molecular formula is C11H10F3NO4S. The van der Waals surface area contributed by atoms with Gasteiger partial charge in [-0.1, -0.05) is 12.1 Å². The number of hydrogen-bond donors (Lipinski definition) is 1. The van der Waals surface area contributed by atoms with Crippen LogP contribution in [0.15, 0.2) is 29.2 Å². The van der Waals surface area contributed by atoms with Crippen LogP contribution in [-0.4, -0.2) is 32.5 Å². The van der Waals surface area contributed by atoms with Crippen LogP contribution in [0.1, 0.15) is 5.56 Å². The number of carbonyl (C=O) groups excluding carboxylic acids is 1. The van der Waals surface area contributed by atoms with Crippen molar-refractivity contribution in [1.82, 2.24) is 5.32 Å². The summed E-state index contributed by atoms with van der Waals surface area (Å²) >= 11 is 0. The Hall–Kier alpha value is -1.61. The number of carbonyl (C=O) groups is 1. The number of ether oxygens (including phenoxy) is 1. The smallest absolute Gasteiger partial charge is 0.363 e. The zero-order valence-electron chi connectivity index (χ0n) is 9.98. The molecule has 0 aromatic heterocycles. The highest BCUT2D eigenvalue weighted by atomic mass is 32.2. The van der Waals surface area contributed by atoms with E-state index in [4.69, 9.17) is 4.74 Å². The quantitative estimate of drug-likeness (QED) is 0.842. The Morgan fingerprint density at radius 2 is 2.05 bits per heavy atom. The number of alkyl halides is 3. The average Bonchev–Trinajstić information content (AvgIpc) is 3.19. The molecule has 1 aromatic rings. The zero-order valence-corrected chi connectivity index (χ0v) is 10.8. The van der Waals surface area contributed by atoms with E-state index in [1.54, 1.807) is 0 Å². The number of epoxide rings is 1. The molecule has 0 radical (unpaired) electrons. The largest absolute Gasteiger partial charge is 0.501 e. The fraction of sp³-hybridized carbons (Fsp3) is 0.364. The molecule has 0 aliphatic carbocycles. The summed E-state index contributed by atoms with van der Waals surface area (Å²) in [5.41, 5.74) is -5.10. The number of benzene rings is 1. The summed E-state index contributed by atoms with van der Waals surface area (Å²) < 4.78 is 64.4. The highest BCUT2D eigenvalue weighted by Gasteiger charge is 2.46. The maximum Gasteiger partial charge on any atom is 0.501 e. The molecule has 110 valence electrons. The van der Waals surface area contributed by atoms with Crippen LogP contribution < -0.4 is 5.32 Å². The normalized spacial score (nSPS) is 18.6. The number of sulfone groups is 1. The van der Waals surface area contributed by atoms with Crippen molar-refractivity contribution in [1.29, 1.82) is 0 Å². The van der Waals surface area contributed by atoms with E-state index in [9.17, 15) is 26.4 Å². The molecule has 2 rings (SSSR count). The van der Waals surface area contributed by atoms with Gasteiger partial charge in [0.25, 0.3) is 15.7 Å². The maximum absolute atomic E-state index is 12.4. The first kappa shape index (κ1) is 14.8. The molecule has 0 bridgehead atoms. The minimum Gasteiger partial charge on any atom is -0.363 e. The molecule has 1 atom stereocenters. The molecule has 1 heterocycles. The van der Waals surface area contributed by atoms with E-state index in [1.165, 1.54) is 12.1 Å². The zero-order chi connectivity index (χ0) is 15.0. The van der Waals surface area contributed by atoms with Crippen molar-refractivity contribution in [3.8, 4) is 0 Å². The summed E-state index contributed by atoms with van der Waals surface area (Å²) in [6, 6.07) is 4.35. The number of nitrogens with one attached hydrogen (secondary N) is 1. The molecule has 9 heteroatoms. The van der Waals surface area contributed by atoms with Crippen molar-refractivity contribution in [2.24, 2.45) is 0 Å². The molecule has 1 aliphatic heterocycles. The van der Waals surface area contributed by atoms with Crippen LogP contribution in [-0.2, 0) is 25.9 Å². The van der Waals surface area contributed by atoms with Crippen LogP contribution in [0.25, 0.3) is 0 Å². The Labute approximate surface area is 112 Å². The molecule has 1 N–H and O–H groups in total. The van der Waals surface area contributed by atoms with E-state index in [-0.39, 0.29) is 18.0 Å². The average molecular weight is 309 g/mol.